The molecule has 8 atom stereocenters. The molecule has 0 aromatic carbocycles. The van der Waals surface area contributed by atoms with Crippen LogP contribution in [0.2, 0.25) is 0 Å². The molecule has 1 amide bonds. The number of Topliss-reactive ketones (excluding diaryl/α,β-unsaturated/α-hetero) is 1. The maximum Gasteiger partial charge on any atom is 0.408 e. The molecule has 2 saturated heterocycles. The van der Waals surface area contributed by atoms with Crippen LogP contribution in [0, 0.1) is 17.8 Å². The molecule has 8 nitrogen and oxygen atoms in total. The highest BCUT2D eigenvalue weighted by Crippen LogP contribution is 2.35. The van der Waals surface area contributed by atoms with Crippen molar-refractivity contribution in [2.75, 3.05) is 20.7 Å². The van der Waals surface area contributed by atoms with Crippen molar-refractivity contribution < 1.29 is 28.6 Å². The number of likely N-dealkylation sites (N-methyl/N-ethyl adjacent to an activating group) is 1. The highest BCUT2D eigenvalue weighted by molar-refractivity contribution is 5.99. The molecule has 2 fully saturated rings. The zero-order valence-electron chi connectivity index (χ0n) is 21.2. The average Bonchev–Trinajstić information content (AvgIpc) is 3.03. The van der Waals surface area contributed by atoms with Crippen LogP contribution in [0.5, 0.6) is 0 Å². The number of esters is 1. The monoisotopic (exact) mass is 454 g/mol. The first-order valence-corrected chi connectivity index (χ1v) is 11.8. The number of methoxy groups -OCH3 is 1. The Kier molecular flexibility index (Phi) is 8.37. The first-order chi connectivity index (χ1) is 14.8. The van der Waals surface area contributed by atoms with Gasteiger partial charge in [-0.05, 0) is 59.9 Å². The number of hydrogen-bond acceptors (Lipinski definition) is 7. The van der Waals surface area contributed by atoms with Crippen molar-refractivity contribution >= 4 is 17.8 Å². The summed E-state index contributed by atoms with van der Waals surface area (Å²) in [5.41, 5.74) is -1.54. The van der Waals surface area contributed by atoms with Gasteiger partial charge >= 0.3 is 12.1 Å². The van der Waals surface area contributed by atoms with Crippen molar-refractivity contribution in [3.05, 3.63) is 0 Å². The first kappa shape index (κ1) is 26.6. The zero-order valence-corrected chi connectivity index (χ0v) is 21.2. The molecule has 8 heteroatoms. The molecule has 0 aromatic heterocycles. The summed E-state index contributed by atoms with van der Waals surface area (Å²) in [6.45, 7) is 14.1. The third kappa shape index (κ3) is 5.45. The number of ketones is 1. The average molecular weight is 455 g/mol. The van der Waals surface area contributed by atoms with E-state index >= 15 is 0 Å². The normalized spacial score (nSPS) is 42.8. The minimum absolute atomic E-state index is 0.0708. The van der Waals surface area contributed by atoms with Gasteiger partial charge in [-0.1, -0.05) is 20.8 Å². The summed E-state index contributed by atoms with van der Waals surface area (Å²) in [5.74, 6) is -1.73. The molecule has 1 N–H and O–H groups in total. The highest BCUT2D eigenvalue weighted by atomic mass is 16.6. The summed E-state index contributed by atoms with van der Waals surface area (Å²) >= 11 is 0. The number of alkyl carbamates (subject to hydrolysis) is 1. The fourth-order valence-corrected chi connectivity index (χ4v) is 5.53. The number of nitrogens with zero attached hydrogens (tertiary/aromatic N) is 1. The molecule has 2 aliphatic heterocycles. The second-order valence-corrected chi connectivity index (χ2v) is 10.4. The van der Waals surface area contributed by atoms with Crippen molar-refractivity contribution in [3.8, 4) is 0 Å². The van der Waals surface area contributed by atoms with E-state index in [0.717, 1.165) is 13.0 Å². The van der Waals surface area contributed by atoms with Gasteiger partial charge in [-0.3, -0.25) is 9.59 Å². The number of carbonyl (C=O) groups excluding carboxylic acids is 3. The van der Waals surface area contributed by atoms with Crippen molar-refractivity contribution in [1.82, 2.24) is 10.2 Å². The largest absolute Gasteiger partial charge is 0.458 e. The summed E-state index contributed by atoms with van der Waals surface area (Å²) in [6.07, 6.45) is 0.552. The fourth-order valence-electron chi connectivity index (χ4n) is 5.53. The molecule has 2 rings (SSSR count). The maximum absolute atomic E-state index is 13.1. The standard InChI is InChI=1S/C24H42N2O6/c1-10-18-24(7)20(25-22(29)32-24)17(5)26(8)13-14(2)11-23(6,30-9)12-15(3)19(27)16(4)21(28)31-18/h14-18,20H,10-13H2,1-9H3,(H,25,29)/t14-,15-,16?,17-,18-,20-,23-,24-/m1/s1. The van der Waals surface area contributed by atoms with Gasteiger partial charge < -0.3 is 24.4 Å². The Hall–Kier alpha value is -1.67. The Balaban J connectivity index is 2.47. The molecular formula is C24H42N2O6. The Labute approximate surface area is 192 Å². The van der Waals surface area contributed by atoms with Crippen LogP contribution in [-0.2, 0) is 23.8 Å². The SMILES string of the molecule is CC[C@H]1OC(=O)C(C)C(=O)[C@H](C)C[C@](C)(OC)C[C@@H](C)CN(C)[C@H](C)[C@H]2NC(=O)O[C@@]21C. The van der Waals surface area contributed by atoms with E-state index in [-0.39, 0.29) is 29.7 Å². The number of carbonyl (C=O) groups is 3. The fraction of sp³-hybridized carbons (Fsp3) is 0.875. The van der Waals surface area contributed by atoms with Gasteiger partial charge in [0, 0.05) is 25.6 Å². The number of amides is 1. The number of nitrogens with one attached hydrogen (secondary N) is 1. The van der Waals surface area contributed by atoms with Crippen molar-refractivity contribution in [2.45, 2.75) is 97.1 Å². The Morgan fingerprint density at radius 3 is 2.31 bits per heavy atom. The van der Waals surface area contributed by atoms with Crippen LogP contribution >= 0.6 is 0 Å². The molecule has 1 unspecified atom stereocenters. The van der Waals surface area contributed by atoms with Gasteiger partial charge in [0.25, 0.3) is 0 Å². The van der Waals surface area contributed by atoms with E-state index < -0.39 is 35.3 Å². The Morgan fingerprint density at radius 2 is 1.75 bits per heavy atom. The van der Waals surface area contributed by atoms with Gasteiger partial charge in [0.15, 0.2) is 5.60 Å². The minimum Gasteiger partial charge on any atom is -0.458 e. The van der Waals surface area contributed by atoms with Crippen LogP contribution in [-0.4, -0.2) is 72.8 Å². The van der Waals surface area contributed by atoms with Gasteiger partial charge in [0.1, 0.15) is 17.8 Å². The van der Waals surface area contributed by atoms with Crippen LogP contribution < -0.4 is 5.32 Å². The first-order valence-electron chi connectivity index (χ1n) is 11.8. The van der Waals surface area contributed by atoms with E-state index in [1.807, 2.05) is 34.7 Å². The third-order valence-electron chi connectivity index (χ3n) is 7.53. The molecule has 0 saturated carbocycles. The van der Waals surface area contributed by atoms with Crippen LogP contribution in [0.25, 0.3) is 0 Å². The number of fused-ring (bicyclic) bond motifs is 1. The molecule has 0 bridgehead atoms. The molecule has 0 radical (unpaired) electrons. The number of cyclic esters (lactones) is 1. The summed E-state index contributed by atoms with van der Waals surface area (Å²) < 4.78 is 17.4. The van der Waals surface area contributed by atoms with Crippen molar-refractivity contribution in [1.29, 1.82) is 0 Å². The van der Waals surface area contributed by atoms with E-state index in [0.29, 0.717) is 12.8 Å². The highest BCUT2D eigenvalue weighted by Gasteiger charge is 2.55. The second kappa shape index (κ2) is 10.1. The summed E-state index contributed by atoms with van der Waals surface area (Å²) in [5, 5.41) is 2.93. The maximum atomic E-state index is 13.1. The van der Waals surface area contributed by atoms with Crippen LogP contribution in [0.3, 0.4) is 0 Å². The second-order valence-electron chi connectivity index (χ2n) is 10.4. The topological polar surface area (TPSA) is 94.2 Å². The number of ether oxygens (including phenoxy) is 3. The lowest BCUT2D eigenvalue weighted by atomic mass is 9.81. The molecule has 2 heterocycles. The van der Waals surface area contributed by atoms with E-state index in [2.05, 4.69) is 17.1 Å². The summed E-state index contributed by atoms with van der Waals surface area (Å²) in [7, 11) is 3.69. The molecule has 0 aromatic rings. The lowest BCUT2D eigenvalue weighted by molar-refractivity contribution is -0.170. The van der Waals surface area contributed by atoms with Crippen LogP contribution in [0.15, 0.2) is 0 Å². The predicted molar refractivity (Wildman–Crippen MR) is 121 cm³/mol. The zero-order chi connectivity index (χ0) is 24.4. The molecule has 2 aliphatic rings. The molecular weight excluding hydrogens is 412 g/mol. The van der Waals surface area contributed by atoms with Gasteiger partial charge in [-0.2, -0.15) is 0 Å². The van der Waals surface area contributed by atoms with Gasteiger partial charge in [-0.25, -0.2) is 4.79 Å². The van der Waals surface area contributed by atoms with Gasteiger partial charge in [0.2, 0.25) is 0 Å². The van der Waals surface area contributed by atoms with E-state index in [1.165, 1.54) is 0 Å². The predicted octanol–water partition coefficient (Wildman–Crippen LogP) is 3.17. The molecule has 184 valence electrons. The molecule has 32 heavy (non-hydrogen) atoms. The summed E-state index contributed by atoms with van der Waals surface area (Å²) in [4.78, 5) is 40.5. The summed E-state index contributed by atoms with van der Waals surface area (Å²) in [6, 6.07) is -0.452. The van der Waals surface area contributed by atoms with Gasteiger partial charge in [-0.15, -0.1) is 0 Å². The van der Waals surface area contributed by atoms with Gasteiger partial charge in [0.05, 0.1) is 11.6 Å². The Bertz CT molecular complexity index is 715. The Morgan fingerprint density at radius 1 is 1.12 bits per heavy atom. The van der Waals surface area contributed by atoms with E-state index in [1.54, 1.807) is 21.0 Å². The lowest BCUT2D eigenvalue weighted by Gasteiger charge is -2.41. The third-order valence-corrected chi connectivity index (χ3v) is 7.53. The van der Waals surface area contributed by atoms with E-state index in [4.69, 9.17) is 14.2 Å². The molecule has 0 aliphatic carbocycles. The van der Waals surface area contributed by atoms with Crippen LogP contribution in [0.1, 0.15) is 67.7 Å². The minimum atomic E-state index is -1.05. The van der Waals surface area contributed by atoms with E-state index in [9.17, 15) is 14.4 Å². The molecule has 0 spiro atoms. The number of hydrogen-bond donors (Lipinski definition) is 1. The smallest absolute Gasteiger partial charge is 0.408 e. The lowest BCUT2D eigenvalue weighted by Crippen LogP contribution is -2.60. The van der Waals surface area contributed by atoms with Crippen LogP contribution in [0.4, 0.5) is 4.79 Å². The van der Waals surface area contributed by atoms with Crippen molar-refractivity contribution in [3.63, 3.8) is 0 Å². The quantitative estimate of drug-likeness (QED) is 0.506. The van der Waals surface area contributed by atoms with Crippen molar-refractivity contribution in [2.24, 2.45) is 17.8 Å². The number of rotatable bonds is 2.